The largest absolute Gasteiger partial charge is 0.378 e. The smallest absolute Gasteiger partial charge is 0.239 e. The van der Waals surface area contributed by atoms with Gasteiger partial charge in [0.05, 0.1) is 25.3 Å². The number of amides is 2. The number of ether oxygens (including phenoxy) is 1. The molecule has 0 spiro atoms. The van der Waals surface area contributed by atoms with Crippen molar-refractivity contribution in [2.75, 3.05) is 26.3 Å². The maximum absolute atomic E-state index is 12.3. The number of morpholine rings is 1. The second-order valence-electron chi connectivity index (χ2n) is 5.57. The predicted octanol–water partition coefficient (Wildman–Crippen LogP) is 0.517. The summed E-state index contributed by atoms with van der Waals surface area (Å²) >= 11 is 0. The van der Waals surface area contributed by atoms with Gasteiger partial charge in [-0.2, -0.15) is 0 Å². The minimum Gasteiger partial charge on any atom is -0.378 e. The van der Waals surface area contributed by atoms with Gasteiger partial charge in [-0.1, -0.05) is 13.8 Å². The first-order valence-electron chi connectivity index (χ1n) is 7.92. The SMILES string of the molecule is CCC(CC)NC(=O)C(C)NC(C)C(=O)N1CCOCC1. The Morgan fingerprint density at radius 1 is 1.10 bits per heavy atom. The molecule has 1 heterocycles. The number of carbonyl (C=O) groups excluding carboxylic acids is 2. The van der Waals surface area contributed by atoms with E-state index in [4.69, 9.17) is 4.74 Å². The van der Waals surface area contributed by atoms with E-state index >= 15 is 0 Å². The summed E-state index contributed by atoms with van der Waals surface area (Å²) in [6.07, 6.45) is 1.83. The normalized spacial score (nSPS) is 18.4. The summed E-state index contributed by atoms with van der Waals surface area (Å²) in [5, 5.41) is 6.08. The molecule has 1 aliphatic rings. The van der Waals surface area contributed by atoms with E-state index < -0.39 is 0 Å². The van der Waals surface area contributed by atoms with Crippen LogP contribution in [0.15, 0.2) is 0 Å². The number of rotatable bonds is 7. The third kappa shape index (κ3) is 5.63. The van der Waals surface area contributed by atoms with Crippen LogP contribution in [0.3, 0.4) is 0 Å². The lowest BCUT2D eigenvalue weighted by Gasteiger charge is -2.30. The maximum atomic E-state index is 12.3. The van der Waals surface area contributed by atoms with E-state index in [0.717, 1.165) is 12.8 Å². The van der Waals surface area contributed by atoms with Gasteiger partial charge in [0, 0.05) is 19.1 Å². The Bertz CT molecular complexity index is 339. The summed E-state index contributed by atoms with van der Waals surface area (Å²) < 4.78 is 5.24. The fourth-order valence-corrected chi connectivity index (χ4v) is 2.40. The summed E-state index contributed by atoms with van der Waals surface area (Å²) in [5.41, 5.74) is 0. The van der Waals surface area contributed by atoms with Crippen LogP contribution in [0, 0.1) is 0 Å². The van der Waals surface area contributed by atoms with Crippen molar-refractivity contribution >= 4 is 11.8 Å². The van der Waals surface area contributed by atoms with Gasteiger partial charge < -0.3 is 15.0 Å². The molecule has 1 fully saturated rings. The fourth-order valence-electron chi connectivity index (χ4n) is 2.40. The van der Waals surface area contributed by atoms with Gasteiger partial charge in [-0.3, -0.25) is 14.9 Å². The van der Waals surface area contributed by atoms with E-state index in [1.807, 2.05) is 0 Å². The average Bonchev–Trinajstić information content (AvgIpc) is 2.52. The Morgan fingerprint density at radius 3 is 2.19 bits per heavy atom. The van der Waals surface area contributed by atoms with Gasteiger partial charge >= 0.3 is 0 Å². The van der Waals surface area contributed by atoms with Gasteiger partial charge in [-0.15, -0.1) is 0 Å². The van der Waals surface area contributed by atoms with Gasteiger partial charge in [0.2, 0.25) is 11.8 Å². The first kappa shape index (κ1) is 17.9. The van der Waals surface area contributed by atoms with Gasteiger partial charge in [0.15, 0.2) is 0 Å². The highest BCUT2D eigenvalue weighted by Gasteiger charge is 2.25. The summed E-state index contributed by atoms with van der Waals surface area (Å²) in [7, 11) is 0. The monoisotopic (exact) mass is 299 g/mol. The van der Waals surface area contributed by atoms with E-state index in [-0.39, 0.29) is 29.9 Å². The Balaban J connectivity index is 2.43. The number of nitrogens with zero attached hydrogens (tertiary/aromatic N) is 1. The van der Waals surface area contributed by atoms with Gasteiger partial charge in [0.1, 0.15) is 0 Å². The van der Waals surface area contributed by atoms with Gasteiger partial charge in [-0.05, 0) is 26.7 Å². The molecule has 0 aromatic heterocycles. The first-order valence-corrected chi connectivity index (χ1v) is 7.92. The molecule has 0 radical (unpaired) electrons. The second-order valence-corrected chi connectivity index (χ2v) is 5.57. The third-order valence-electron chi connectivity index (χ3n) is 3.92. The van der Waals surface area contributed by atoms with Crippen LogP contribution in [0.5, 0.6) is 0 Å². The predicted molar refractivity (Wildman–Crippen MR) is 82.0 cm³/mol. The highest BCUT2D eigenvalue weighted by Crippen LogP contribution is 2.02. The van der Waals surface area contributed by atoms with Crippen molar-refractivity contribution < 1.29 is 14.3 Å². The van der Waals surface area contributed by atoms with Crippen molar-refractivity contribution in [3.05, 3.63) is 0 Å². The highest BCUT2D eigenvalue weighted by atomic mass is 16.5. The topological polar surface area (TPSA) is 70.7 Å². The molecule has 0 bridgehead atoms. The highest BCUT2D eigenvalue weighted by molar-refractivity contribution is 5.85. The van der Waals surface area contributed by atoms with Crippen LogP contribution < -0.4 is 10.6 Å². The molecule has 1 saturated heterocycles. The molecular weight excluding hydrogens is 270 g/mol. The molecule has 1 rings (SSSR count). The molecule has 6 nitrogen and oxygen atoms in total. The third-order valence-corrected chi connectivity index (χ3v) is 3.92. The molecule has 6 heteroatoms. The van der Waals surface area contributed by atoms with E-state index in [2.05, 4.69) is 24.5 Å². The van der Waals surface area contributed by atoms with Crippen LogP contribution in [0.2, 0.25) is 0 Å². The first-order chi connectivity index (χ1) is 9.99. The molecule has 2 N–H and O–H groups in total. The van der Waals surface area contributed by atoms with Crippen LogP contribution in [0.1, 0.15) is 40.5 Å². The summed E-state index contributed by atoms with van der Waals surface area (Å²) in [5.74, 6) is -0.0224. The van der Waals surface area contributed by atoms with E-state index in [0.29, 0.717) is 26.3 Å². The molecule has 0 aromatic rings. The minimum absolute atomic E-state index is 0.0282. The van der Waals surface area contributed by atoms with Crippen molar-refractivity contribution in [1.29, 1.82) is 0 Å². The van der Waals surface area contributed by atoms with Crippen LogP contribution in [0.4, 0.5) is 0 Å². The van der Waals surface area contributed by atoms with Gasteiger partial charge in [0.25, 0.3) is 0 Å². The van der Waals surface area contributed by atoms with Crippen LogP contribution in [-0.2, 0) is 14.3 Å². The molecular formula is C15H29N3O3. The zero-order chi connectivity index (χ0) is 15.8. The fraction of sp³-hybridized carbons (Fsp3) is 0.867. The zero-order valence-electron chi connectivity index (χ0n) is 13.6. The van der Waals surface area contributed by atoms with Crippen molar-refractivity contribution in [3.63, 3.8) is 0 Å². The zero-order valence-corrected chi connectivity index (χ0v) is 13.6. The molecule has 2 unspecified atom stereocenters. The van der Waals surface area contributed by atoms with Crippen LogP contribution in [-0.4, -0.2) is 61.1 Å². The lowest BCUT2D eigenvalue weighted by molar-refractivity contribution is -0.137. The summed E-state index contributed by atoms with van der Waals surface area (Å²) in [4.78, 5) is 26.1. The molecule has 0 aliphatic carbocycles. The number of carbonyl (C=O) groups is 2. The van der Waals surface area contributed by atoms with E-state index in [1.54, 1.807) is 18.7 Å². The molecule has 0 saturated carbocycles. The summed E-state index contributed by atoms with van der Waals surface area (Å²) in [6, 6.07) is -0.553. The molecule has 2 amide bonds. The Morgan fingerprint density at radius 2 is 1.67 bits per heavy atom. The van der Waals surface area contributed by atoms with Crippen molar-refractivity contribution in [2.45, 2.75) is 58.7 Å². The Labute approximate surface area is 127 Å². The van der Waals surface area contributed by atoms with E-state index in [9.17, 15) is 9.59 Å². The number of nitrogens with one attached hydrogen (secondary N) is 2. The quantitative estimate of drug-likeness (QED) is 0.719. The lowest BCUT2D eigenvalue weighted by atomic mass is 10.1. The standard InChI is InChI=1S/C15H29N3O3/c1-5-13(6-2)17-14(19)11(3)16-12(4)15(20)18-7-9-21-10-8-18/h11-13,16H,5-10H2,1-4H3,(H,17,19). The number of hydrogen-bond donors (Lipinski definition) is 2. The van der Waals surface area contributed by atoms with Crippen molar-refractivity contribution in [1.82, 2.24) is 15.5 Å². The van der Waals surface area contributed by atoms with Crippen LogP contribution >= 0.6 is 0 Å². The van der Waals surface area contributed by atoms with Crippen molar-refractivity contribution in [3.8, 4) is 0 Å². The van der Waals surface area contributed by atoms with Crippen LogP contribution in [0.25, 0.3) is 0 Å². The van der Waals surface area contributed by atoms with Crippen molar-refractivity contribution in [2.24, 2.45) is 0 Å². The molecule has 122 valence electrons. The summed E-state index contributed by atoms with van der Waals surface area (Å²) in [6.45, 7) is 10.1. The Hall–Kier alpha value is -1.14. The second kappa shape index (κ2) is 9.00. The molecule has 0 aromatic carbocycles. The molecule has 21 heavy (non-hydrogen) atoms. The van der Waals surface area contributed by atoms with Gasteiger partial charge in [-0.25, -0.2) is 0 Å². The maximum Gasteiger partial charge on any atom is 0.239 e. The Kier molecular flexibility index (Phi) is 7.67. The minimum atomic E-state index is -0.384. The lowest BCUT2D eigenvalue weighted by Crippen LogP contribution is -2.54. The van der Waals surface area contributed by atoms with E-state index in [1.165, 1.54) is 0 Å². The molecule has 1 aliphatic heterocycles. The average molecular weight is 299 g/mol. The molecule has 2 atom stereocenters. The number of hydrogen-bond acceptors (Lipinski definition) is 4.